The molecule has 0 atom stereocenters. The van der Waals surface area contributed by atoms with Gasteiger partial charge in [0, 0.05) is 23.2 Å². The molecule has 0 fully saturated rings. The van der Waals surface area contributed by atoms with Crippen LogP contribution in [0.2, 0.25) is 0 Å². The fraction of sp³-hybridized carbons (Fsp3) is 0.353. The van der Waals surface area contributed by atoms with Gasteiger partial charge in [-0.1, -0.05) is 13.0 Å². The minimum Gasteiger partial charge on any atom is -0.352 e. The Morgan fingerprint density at radius 3 is 2.70 bits per heavy atom. The molecule has 0 aliphatic heterocycles. The molecule has 2 N–H and O–H groups in total. The Hall–Kier alpha value is -2.21. The van der Waals surface area contributed by atoms with Gasteiger partial charge in [-0.2, -0.15) is 0 Å². The highest BCUT2D eigenvalue weighted by atomic mass is 32.1. The molecular formula is C17H21N3O2S. The Labute approximate surface area is 140 Å². The van der Waals surface area contributed by atoms with Gasteiger partial charge in [-0.05, 0) is 38.0 Å². The molecule has 0 aliphatic carbocycles. The molecule has 0 spiro atoms. The summed E-state index contributed by atoms with van der Waals surface area (Å²) in [5, 5.41) is 8.56. The predicted octanol–water partition coefficient (Wildman–Crippen LogP) is 2.94. The maximum Gasteiger partial charge on any atom is 0.251 e. The third-order valence-corrected chi connectivity index (χ3v) is 4.40. The predicted molar refractivity (Wildman–Crippen MR) is 93.0 cm³/mol. The van der Waals surface area contributed by atoms with E-state index < -0.39 is 0 Å². The number of carbonyl (C=O) groups excluding carboxylic acids is 2. The second kappa shape index (κ2) is 7.87. The lowest BCUT2D eigenvalue weighted by Gasteiger charge is -2.10. The minimum atomic E-state index is -0.143. The van der Waals surface area contributed by atoms with Crippen LogP contribution in [-0.2, 0) is 17.6 Å². The number of aromatic nitrogens is 1. The Morgan fingerprint density at radius 2 is 2.04 bits per heavy atom. The lowest BCUT2D eigenvalue weighted by atomic mass is 10.1. The molecule has 0 saturated heterocycles. The van der Waals surface area contributed by atoms with E-state index in [2.05, 4.69) is 15.6 Å². The van der Waals surface area contributed by atoms with Crippen LogP contribution in [0, 0.1) is 6.92 Å². The molecule has 0 aliphatic rings. The number of hydrogen-bond donors (Lipinski definition) is 2. The number of benzene rings is 1. The number of amides is 2. The highest BCUT2D eigenvalue weighted by Gasteiger charge is 2.11. The van der Waals surface area contributed by atoms with Crippen molar-refractivity contribution in [3.8, 4) is 0 Å². The first kappa shape index (κ1) is 17.1. The summed E-state index contributed by atoms with van der Waals surface area (Å²) in [6, 6.07) is 5.29. The van der Waals surface area contributed by atoms with Crippen LogP contribution in [0.4, 0.5) is 5.69 Å². The van der Waals surface area contributed by atoms with Gasteiger partial charge in [-0.25, -0.2) is 4.98 Å². The number of aryl methyl sites for hydroxylation is 2. The number of thiazole rings is 1. The molecule has 6 heteroatoms. The van der Waals surface area contributed by atoms with E-state index in [1.54, 1.807) is 23.5 Å². The second-order valence-corrected chi connectivity index (χ2v) is 6.14. The molecule has 23 heavy (non-hydrogen) atoms. The first-order chi connectivity index (χ1) is 11.0. The fourth-order valence-electron chi connectivity index (χ4n) is 2.11. The van der Waals surface area contributed by atoms with Gasteiger partial charge in [-0.15, -0.1) is 11.3 Å². The van der Waals surface area contributed by atoms with E-state index in [4.69, 9.17) is 0 Å². The van der Waals surface area contributed by atoms with E-state index in [1.807, 2.05) is 32.2 Å². The zero-order valence-electron chi connectivity index (χ0n) is 13.6. The van der Waals surface area contributed by atoms with Gasteiger partial charge in [0.25, 0.3) is 5.91 Å². The molecule has 1 aromatic heterocycles. The average molecular weight is 331 g/mol. The van der Waals surface area contributed by atoms with Gasteiger partial charge >= 0.3 is 0 Å². The van der Waals surface area contributed by atoms with E-state index in [0.29, 0.717) is 17.8 Å². The topological polar surface area (TPSA) is 71.1 Å². The molecule has 1 heterocycles. The SMILES string of the molecule is CCNC(=O)c1ccc(C)c(NC(=O)Cc2csc(CC)n2)c1. The summed E-state index contributed by atoms with van der Waals surface area (Å²) in [5.41, 5.74) is 2.89. The van der Waals surface area contributed by atoms with Gasteiger partial charge in [0.2, 0.25) is 5.91 Å². The van der Waals surface area contributed by atoms with Gasteiger partial charge in [-0.3, -0.25) is 9.59 Å². The number of rotatable bonds is 6. The van der Waals surface area contributed by atoms with E-state index in [-0.39, 0.29) is 18.2 Å². The molecule has 0 radical (unpaired) electrons. The van der Waals surface area contributed by atoms with Gasteiger partial charge in [0.1, 0.15) is 0 Å². The van der Waals surface area contributed by atoms with Crippen LogP contribution in [0.3, 0.4) is 0 Å². The number of hydrogen-bond acceptors (Lipinski definition) is 4. The van der Waals surface area contributed by atoms with Crippen molar-refractivity contribution in [3.63, 3.8) is 0 Å². The zero-order chi connectivity index (χ0) is 16.8. The summed E-state index contributed by atoms with van der Waals surface area (Å²) in [4.78, 5) is 28.5. The van der Waals surface area contributed by atoms with Crippen LogP contribution in [0.15, 0.2) is 23.6 Å². The smallest absolute Gasteiger partial charge is 0.251 e. The molecular weight excluding hydrogens is 310 g/mol. The quantitative estimate of drug-likeness (QED) is 0.855. The maximum absolute atomic E-state index is 12.2. The molecule has 2 rings (SSSR count). The standard InChI is InChI=1S/C17H21N3O2S/c1-4-16-19-13(10-23-16)9-15(21)20-14-8-12(7-6-11(14)3)17(22)18-5-2/h6-8,10H,4-5,9H2,1-3H3,(H,18,22)(H,20,21). The molecule has 0 saturated carbocycles. The van der Waals surface area contributed by atoms with Gasteiger partial charge in [0.05, 0.1) is 17.1 Å². The highest BCUT2D eigenvalue weighted by molar-refractivity contribution is 7.09. The van der Waals surface area contributed by atoms with Crippen molar-refractivity contribution in [1.29, 1.82) is 0 Å². The first-order valence-electron chi connectivity index (χ1n) is 7.65. The lowest BCUT2D eigenvalue weighted by Crippen LogP contribution is -2.23. The zero-order valence-corrected chi connectivity index (χ0v) is 14.4. The van der Waals surface area contributed by atoms with E-state index in [0.717, 1.165) is 22.7 Å². The van der Waals surface area contributed by atoms with Crippen molar-refractivity contribution < 1.29 is 9.59 Å². The maximum atomic E-state index is 12.2. The van der Waals surface area contributed by atoms with E-state index in [9.17, 15) is 9.59 Å². The molecule has 5 nitrogen and oxygen atoms in total. The van der Waals surface area contributed by atoms with Crippen molar-refractivity contribution >= 4 is 28.8 Å². The summed E-state index contributed by atoms with van der Waals surface area (Å²) in [6.45, 7) is 6.37. The van der Waals surface area contributed by atoms with Gasteiger partial charge < -0.3 is 10.6 Å². The van der Waals surface area contributed by atoms with Gasteiger partial charge in [0.15, 0.2) is 0 Å². The number of nitrogens with one attached hydrogen (secondary N) is 2. The average Bonchev–Trinajstić information content (AvgIpc) is 2.97. The Morgan fingerprint density at radius 1 is 1.26 bits per heavy atom. The van der Waals surface area contributed by atoms with Crippen LogP contribution >= 0.6 is 11.3 Å². The molecule has 2 amide bonds. The third kappa shape index (κ3) is 4.63. The molecule has 2 aromatic rings. The van der Waals surface area contributed by atoms with Crippen LogP contribution in [0.1, 0.15) is 40.5 Å². The van der Waals surface area contributed by atoms with Crippen molar-refractivity contribution in [2.45, 2.75) is 33.6 Å². The summed E-state index contributed by atoms with van der Waals surface area (Å²) >= 11 is 1.57. The normalized spacial score (nSPS) is 10.4. The summed E-state index contributed by atoms with van der Waals surface area (Å²) in [6.07, 6.45) is 1.11. The molecule has 0 bridgehead atoms. The number of nitrogens with zero attached hydrogens (tertiary/aromatic N) is 1. The van der Waals surface area contributed by atoms with Crippen LogP contribution in [-0.4, -0.2) is 23.3 Å². The monoisotopic (exact) mass is 331 g/mol. The fourth-order valence-corrected chi connectivity index (χ4v) is 2.86. The van der Waals surface area contributed by atoms with Crippen LogP contribution in [0.5, 0.6) is 0 Å². The van der Waals surface area contributed by atoms with Crippen molar-refractivity contribution in [1.82, 2.24) is 10.3 Å². The lowest BCUT2D eigenvalue weighted by molar-refractivity contribution is -0.115. The third-order valence-electron chi connectivity index (χ3n) is 3.35. The molecule has 122 valence electrons. The van der Waals surface area contributed by atoms with E-state index in [1.165, 1.54) is 0 Å². The Bertz CT molecular complexity index is 710. The number of anilines is 1. The summed E-state index contributed by atoms with van der Waals surface area (Å²) in [5.74, 6) is -0.274. The largest absolute Gasteiger partial charge is 0.352 e. The van der Waals surface area contributed by atoms with Crippen molar-refractivity contribution in [2.24, 2.45) is 0 Å². The van der Waals surface area contributed by atoms with Crippen molar-refractivity contribution in [3.05, 3.63) is 45.4 Å². The van der Waals surface area contributed by atoms with Crippen LogP contribution < -0.4 is 10.6 Å². The Kier molecular flexibility index (Phi) is 5.87. The molecule has 1 aromatic carbocycles. The summed E-state index contributed by atoms with van der Waals surface area (Å²) < 4.78 is 0. The minimum absolute atomic E-state index is 0.130. The van der Waals surface area contributed by atoms with E-state index >= 15 is 0 Å². The highest BCUT2D eigenvalue weighted by Crippen LogP contribution is 2.18. The van der Waals surface area contributed by atoms with Crippen molar-refractivity contribution in [2.75, 3.05) is 11.9 Å². The molecule has 0 unspecified atom stereocenters. The summed E-state index contributed by atoms with van der Waals surface area (Å²) in [7, 11) is 0. The first-order valence-corrected chi connectivity index (χ1v) is 8.53. The second-order valence-electron chi connectivity index (χ2n) is 5.20. The van der Waals surface area contributed by atoms with Crippen LogP contribution in [0.25, 0.3) is 0 Å². The Balaban J connectivity index is 2.07. The number of carbonyl (C=O) groups is 2.